The first-order valence-corrected chi connectivity index (χ1v) is 6.20. The molecule has 7 heteroatoms. The molecule has 2 rings (SSSR count). The van der Waals surface area contributed by atoms with E-state index in [-0.39, 0.29) is 23.1 Å². The Balaban J connectivity index is 2.24. The quantitative estimate of drug-likeness (QED) is 0.377. The predicted molar refractivity (Wildman–Crippen MR) is 70.4 cm³/mol. The smallest absolute Gasteiger partial charge is 0.254 e. The van der Waals surface area contributed by atoms with Crippen LogP contribution in [-0.2, 0) is 0 Å². The Morgan fingerprint density at radius 3 is 2.95 bits per heavy atom. The van der Waals surface area contributed by atoms with Gasteiger partial charge in [0, 0.05) is 12.1 Å². The number of amides is 1. The second-order valence-corrected chi connectivity index (χ2v) is 4.53. The molecule has 0 aromatic heterocycles. The molecule has 0 spiro atoms. The number of rotatable bonds is 3. The summed E-state index contributed by atoms with van der Waals surface area (Å²) in [5, 5.41) is 11.7. The van der Waals surface area contributed by atoms with Crippen molar-refractivity contribution >= 4 is 11.7 Å². The number of benzene rings is 1. The number of nitrogens with two attached hydrogens (primary N) is 1. The Morgan fingerprint density at radius 1 is 1.60 bits per heavy atom. The van der Waals surface area contributed by atoms with Crippen LogP contribution >= 0.6 is 0 Å². The number of carbonyl (C=O) groups excluding carboxylic acids is 1. The number of hydrogen-bond donors (Lipinski definition) is 2. The third kappa shape index (κ3) is 2.52. The van der Waals surface area contributed by atoms with E-state index in [0.717, 1.165) is 12.5 Å². The summed E-state index contributed by atoms with van der Waals surface area (Å²) in [6.07, 6.45) is 1.38. The van der Waals surface area contributed by atoms with E-state index in [9.17, 15) is 9.18 Å². The van der Waals surface area contributed by atoms with Crippen molar-refractivity contribution in [2.24, 2.45) is 10.9 Å². The van der Waals surface area contributed by atoms with Crippen LogP contribution in [0, 0.1) is 5.82 Å². The van der Waals surface area contributed by atoms with Gasteiger partial charge in [-0.05, 0) is 31.0 Å². The molecule has 3 N–H and O–H groups in total. The average Bonchev–Trinajstić information content (AvgIpc) is 2.94. The van der Waals surface area contributed by atoms with Gasteiger partial charge in [0.2, 0.25) is 0 Å². The fourth-order valence-corrected chi connectivity index (χ4v) is 2.35. The van der Waals surface area contributed by atoms with Gasteiger partial charge in [0.05, 0.1) is 13.2 Å². The van der Waals surface area contributed by atoms with Gasteiger partial charge >= 0.3 is 0 Å². The number of oxime groups is 1. The van der Waals surface area contributed by atoms with Crippen molar-refractivity contribution in [1.29, 1.82) is 0 Å². The number of halogens is 1. The van der Waals surface area contributed by atoms with Crippen LogP contribution in [0.1, 0.15) is 23.2 Å². The van der Waals surface area contributed by atoms with Crippen molar-refractivity contribution in [3.05, 3.63) is 29.6 Å². The van der Waals surface area contributed by atoms with Crippen LogP contribution in [0.3, 0.4) is 0 Å². The monoisotopic (exact) mass is 281 g/mol. The lowest BCUT2D eigenvalue weighted by atomic mass is 10.1. The molecule has 108 valence electrons. The first-order valence-electron chi connectivity index (χ1n) is 6.20. The molecule has 1 aliphatic rings. The summed E-state index contributed by atoms with van der Waals surface area (Å²) in [4.78, 5) is 13.8. The van der Waals surface area contributed by atoms with Crippen molar-refractivity contribution in [3.8, 4) is 5.75 Å². The highest BCUT2D eigenvalue weighted by atomic mass is 19.1. The number of ether oxygens (including phenoxy) is 1. The SMILES string of the molecule is COc1ccc(C(=O)N2CCCC2C(N)=NO)cc1F. The Hall–Kier alpha value is -2.31. The second-order valence-electron chi connectivity index (χ2n) is 4.53. The zero-order chi connectivity index (χ0) is 14.7. The molecule has 1 atom stereocenters. The molecule has 1 aliphatic heterocycles. The van der Waals surface area contributed by atoms with Crippen molar-refractivity contribution in [2.45, 2.75) is 18.9 Å². The molecule has 1 unspecified atom stereocenters. The van der Waals surface area contributed by atoms with Crippen molar-refractivity contribution in [2.75, 3.05) is 13.7 Å². The largest absolute Gasteiger partial charge is 0.494 e. The van der Waals surface area contributed by atoms with Gasteiger partial charge in [0.1, 0.15) is 0 Å². The number of methoxy groups -OCH3 is 1. The molecular weight excluding hydrogens is 265 g/mol. The lowest BCUT2D eigenvalue weighted by Crippen LogP contribution is -2.43. The number of hydrogen-bond acceptors (Lipinski definition) is 4. The summed E-state index contributed by atoms with van der Waals surface area (Å²) in [7, 11) is 1.36. The van der Waals surface area contributed by atoms with Crippen molar-refractivity contribution in [3.63, 3.8) is 0 Å². The lowest BCUT2D eigenvalue weighted by molar-refractivity contribution is 0.0767. The normalized spacial score (nSPS) is 19.2. The molecular formula is C13H16FN3O3. The lowest BCUT2D eigenvalue weighted by Gasteiger charge is -2.23. The van der Waals surface area contributed by atoms with Crippen LogP contribution in [0.4, 0.5) is 4.39 Å². The van der Waals surface area contributed by atoms with Gasteiger partial charge < -0.3 is 20.6 Å². The molecule has 1 heterocycles. The fourth-order valence-electron chi connectivity index (χ4n) is 2.35. The Kier molecular flexibility index (Phi) is 4.07. The minimum Gasteiger partial charge on any atom is -0.494 e. The van der Waals surface area contributed by atoms with Gasteiger partial charge in [-0.25, -0.2) is 4.39 Å². The summed E-state index contributed by atoms with van der Waals surface area (Å²) in [5.74, 6) is -0.876. The number of likely N-dealkylation sites (tertiary alicyclic amines) is 1. The van der Waals surface area contributed by atoms with Gasteiger partial charge in [-0.3, -0.25) is 4.79 Å². The summed E-state index contributed by atoms with van der Waals surface area (Å²) in [6, 6.07) is 3.57. The maximum atomic E-state index is 13.6. The van der Waals surface area contributed by atoms with E-state index >= 15 is 0 Å². The van der Waals surface area contributed by atoms with Gasteiger partial charge in [0.15, 0.2) is 17.4 Å². The molecule has 1 amide bonds. The second kappa shape index (κ2) is 5.77. The van der Waals surface area contributed by atoms with E-state index < -0.39 is 11.9 Å². The highest BCUT2D eigenvalue weighted by Gasteiger charge is 2.32. The van der Waals surface area contributed by atoms with E-state index in [1.807, 2.05) is 0 Å². The zero-order valence-corrected chi connectivity index (χ0v) is 11.0. The van der Waals surface area contributed by atoms with Crippen LogP contribution < -0.4 is 10.5 Å². The van der Waals surface area contributed by atoms with Gasteiger partial charge in [-0.15, -0.1) is 0 Å². The van der Waals surface area contributed by atoms with Gasteiger partial charge in [-0.1, -0.05) is 5.16 Å². The van der Waals surface area contributed by atoms with E-state index in [0.29, 0.717) is 13.0 Å². The van der Waals surface area contributed by atoms with Crippen LogP contribution in [0.5, 0.6) is 5.75 Å². The molecule has 1 fully saturated rings. The summed E-state index contributed by atoms with van der Waals surface area (Å²) in [5.41, 5.74) is 5.78. The Bertz CT molecular complexity index is 548. The first kappa shape index (κ1) is 14.1. The van der Waals surface area contributed by atoms with E-state index in [4.69, 9.17) is 15.7 Å². The van der Waals surface area contributed by atoms with Crippen LogP contribution in [-0.4, -0.2) is 41.5 Å². The molecule has 1 aromatic rings. The van der Waals surface area contributed by atoms with E-state index in [1.165, 1.54) is 24.1 Å². The molecule has 1 saturated heterocycles. The minimum absolute atomic E-state index is 0.00941. The Morgan fingerprint density at radius 2 is 2.35 bits per heavy atom. The summed E-state index contributed by atoms with van der Waals surface area (Å²) >= 11 is 0. The maximum absolute atomic E-state index is 13.6. The highest BCUT2D eigenvalue weighted by molar-refractivity contribution is 5.98. The standard InChI is InChI=1S/C13H16FN3O3/c1-20-11-5-4-8(7-9(11)14)13(18)17-6-2-3-10(17)12(15)16-19/h4-5,7,10,19H,2-3,6H2,1H3,(H2,15,16). The highest BCUT2D eigenvalue weighted by Crippen LogP contribution is 2.23. The first-order chi connectivity index (χ1) is 9.58. The molecule has 0 radical (unpaired) electrons. The maximum Gasteiger partial charge on any atom is 0.254 e. The molecule has 6 nitrogen and oxygen atoms in total. The summed E-state index contributed by atoms with van der Waals surface area (Å²) < 4.78 is 18.4. The number of amidine groups is 1. The molecule has 20 heavy (non-hydrogen) atoms. The third-order valence-electron chi connectivity index (χ3n) is 3.37. The number of carbonyl (C=O) groups is 1. The van der Waals surface area contributed by atoms with E-state index in [2.05, 4.69) is 5.16 Å². The molecule has 0 bridgehead atoms. The topological polar surface area (TPSA) is 88.2 Å². The minimum atomic E-state index is -0.599. The molecule has 0 aliphatic carbocycles. The van der Waals surface area contributed by atoms with Crippen LogP contribution in [0.25, 0.3) is 0 Å². The predicted octanol–water partition coefficient (Wildman–Crippen LogP) is 1.19. The summed E-state index contributed by atoms with van der Waals surface area (Å²) in [6.45, 7) is 0.493. The third-order valence-corrected chi connectivity index (χ3v) is 3.37. The number of nitrogens with zero attached hydrogens (tertiary/aromatic N) is 2. The zero-order valence-electron chi connectivity index (χ0n) is 11.0. The van der Waals surface area contributed by atoms with Gasteiger partial charge in [0.25, 0.3) is 5.91 Å². The average molecular weight is 281 g/mol. The van der Waals surface area contributed by atoms with Crippen molar-refractivity contribution in [1.82, 2.24) is 4.90 Å². The van der Waals surface area contributed by atoms with Gasteiger partial charge in [-0.2, -0.15) is 0 Å². The molecule has 0 saturated carbocycles. The van der Waals surface area contributed by atoms with E-state index in [1.54, 1.807) is 0 Å². The van der Waals surface area contributed by atoms with Crippen LogP contribution in [0.2, 0.25) is 0 Å². The van der Waals surface area contributed by atoms with Crippen LogP contribution in [0.15, 0.2) is 23.4 Å². The Labute approximate surface area is 115 Å². The molecule has 1 aromatic carbocycles. The van der Waals surface area contributed by atoms with Crippen molar-refractivity contribution < 1.29 is 19.1 Å². The fraction of sp³-hybridized carbons (Fsp3) is 0.385.